The third-order valence-electron chi connectivity index (χ3n) is 11.9. The van der Waals surface area contributed by atoms with Crippen LogP contribution < -0.4 is 10.6 Å². The molecule has 2 heterocycles. The van der Waals surface area contributed by atoms with Crippen molar-refractivity contribution in [1.82, 2.24) is 0 Å². The summed E-state index contributed by atoms with van der Waals surface area (Å²) in [6.07, 6.45) is 24.2. The summed E-state index contributed by atoms with van der Waals surface area (Å²) in [5, 5.41) is 2.54. The van der Waals surface area contributed by atoms with Crippen LogP contribution in [0.1, 0.15) is 148 Å². The molecule has 2 nitrogen and oxygen atoms in total. The molecule has 0 amide bonds. The molecular weight excluding hydrogens is 590 g/mol. The molecular formula is C36H56O2P2S2. The molecule has 4 fully saturated rings. The lowest BCUT2D eigenvalue weighted by Crippen LogP contribution is -2.33. The van der Waals surface area contributed by atoms with E-state index in [0.717, 1.165) is 51.4 Å². The van der Waals surface area contributed by atoms with Gasteiger partial charge in [-0.25, -0.2) is 0 Å². The van der Waals surface area contributed by atoms with E-state index in [2.05, 4.69) is 27.7 Å². The fourth-order valence-electron chi connectivity index (χ4n) is 9.96. The van der Waals surface area contributed by atoms with Gasteiger partial charge in [0.15, 0.2) is 0 Å². The lowest BCUT2D eigenvalue weighted by molar-refractivity contribution is 0.452. The van der Waals surface area contributed by atoms with Gasteiger partial charge in [0.25, 0.3) is 0 Å². The predicted octanol–water partition coefficient (Wildman–Crippen LogP) is 12.0. The molecule has 0 aromatic carbocycles. The summed E-state index contributed by atoms with van der Waals surface area (Å²) in [6, 6.07) is 0. The Morgan fingerprint density at radius 1 is 0.405 bits per heavy atom. The number of rotatable bonds is 7. The maximum absolute atomic E-state index is 16.2. The van der Waals surface area contributed by atoms with Gasteiger partial charge in [-0.05, 0) is 79.1 Å². The average Bonchev–Trinajstić information content (AvgIpc) is 3.50. The van der Waals surface area contributed by atoms with Gasteiger partial charge in [-0.1, -0.05) is 77.0 Å². The molecule has 0 N–H and O–H groups in total. The maximum Gasteiger partial charge on any atom is 0.123 e. The van der Waals surface area contributed by atoms with Crippen molar-refractivity contribution < 1.29 is 9.13 Å². The van der Waals surface area contributed by atoms with E-state index < -0.39 is 14.3 Å². The number of aryl methyl sites for hydroxylation is 4. The van der Waals surface area contributed by atoms with Crippen LogP contribution in [0.15, 0.2) is 0 Å². The van der Waals surface area contributed by atoms with E-state index in [9.17, 15) is 0 Å². The second-order valence-corrected chi connectivity index (χ2v) is 24.0. The SMILES string of the molecule is Cc1sc(C)c(P(=O)(C2CCCCC2)C2CCCCC2)c1-c1c(C)sc(C)c1P(=O)(C1CCCCC1)C1CCCCC1. The Bertz CT molecular complexity index is 1180. The van der Waals surface area contributed by atoms with Crippen molar-refractivity contribution in [2.75, 3.05) is 0 Å². The quantitative estimate of drug-likeness (QED) is 0.281. The minimum atomic E-state index is -2.66. The fourth-order valence-corrected chi connectivity index (χ4v) is 22.6. The zero-order chi connectivity index (χ0) is 29.5. The topological polar surface area (TPSA) is 34.1 Å². The molecule has 2 aromatic heterocycles. The van der Waals surface area contributed by atoms with Crippen molar-refractivity contribution in [3.63, 3.8) is 0 Å². The second-order valence-electron chi connectivity index (χ2n) is 14.5. The molecule has 0 bridgehead atoms. The highest BCUT2D eigenvalue weighted by Gasteiger charge is 2.49. The second kappa shape index (κ2) is 13.3. The number of thiophene rings is 2. The van der Waals surface area contributed by atoms with Gasteiger partial charge >= 0.3 is 0 Å². The normalized spacial score (nSPS) is 23.0. The molecule has 0 aliphatic heterocycles. The van der Waals surface area contributed by atoms with Crippen LogP contribution >= 0.6 is 37.0 Å². The van der Waals surface area contributed by atoms with Gasteiger partial charge in [-0.3, -0.25) is 0 Å². The lowest BCUT2D eigenvalue weighted by atomic mass is 9.99. The van der Waals surface area contributed by atoms with Crippen LogP contribution in [0.3, 0.4) is 0 Å². The van der Waals surface area contributed by atoms with Crippen molar-refractivity contribution >= 4 is 47.6 Å². The molecule has 0 saturated heterocycles. The summed E-state index contributed by atoms with van der Waals surface area (Å²) in [5.74, 6) is 0. The minimum absolute atomic E-state index is 0.341. The van der Waals surface area contributed by atoms with Crippen LogP contribution in [0.4, 0.5) is 0 Å². The van der Waals surface area contributed by atoms with Crippen LogP contribution in [0.25, 0.3) is 11.1 Å². The maximum atomic E-state index is 16.2. The molecule has 4 saturated carbocycles. The molecule has 2 aromatic rings. The Morgan fingerprint density at radius 3 is 0.881 bits per heavy atom. The summed E-state index contributed by atoms with van der Waals surface area (Å²) >= 11 is 3.79. The van der Waals surface area contributed by atoms with E-state index in [1.54, 1.807) is 0 Å². The van der Waals surface area contributed by atoms with Crippen molar-refractivity contribution in [1.29, 1.82) is 0 Å². The highest BCUT2D eigenvalue weighted by Crippen LogP contribution is 2.67. The van der Waals surface area contributed by atoms with Crippen LogP contribution in [0.2, 0.25) is 0 Å². The Kier molecular flexibility index (Phi) is 10.1. The van der Waals surface area contributed by atoms with E-state index in [0.29, 0.717) is 22.6 Å². The van der Waals surface area contributed by atoms with Crippen molar-refractivity contribution in [2.24, 2.45) is 0 Å². The average molecular weight is 647 g/mol. The molecule has 6 heteroatoms. The first-order chi connectivity index (χ1) is 20.3. The van der Waals surface area contributed by atoms with Crippen molar-refractivity contribution in [3.8, 4) is 11.1 Å². The smallest absolute Gasteiger partial charge is 0.123 e. The zero-order valence-corrected chi connectivity index (χ0v) is 30.4. The number of hydrogen-bond acceptors (Lipinski definition) is 4. The highest BCUT2D eigenvalue weighted by molar-refractivity contribution is 7.74. The Hall–Kier alpha value is -0.140. The first-order valence-corrected chi connectivity index (χ1v) is 23.0. The predicted molar refractivity (Wildman–Crippen MR) is 189 cm³/mol. The zero-order valence-electron chi connectivity index (χ0n) is 27.0. The molecule has 0 radical (unpaired) electrons. The molecule has 234 valence electrons. The summed E-state index contributed by atoms with van der Waals surface area (Å²) in [7, 11) is -5.33. The Balaban J connectivity index is 1.58. The highest BCUT2D eigenvalue weighted by atomic mass is 32.1. The molecule has 4 aliphatic rings. The van der Waals surface area contributed by atoms with Crippen LogP contribution in [-0.4, -0.2) is 22.6 Å². The third kappa shape index (κ3) is 5.58. The van der Waals surface area contributed by atoms with Gasteiger partial charge in [0.2, 0.25) is 0 Å². The molecule has 0 spiro atoms. The van der Waals surface area contributed by atoms with Gasteiger partial charge in [0.05, 0.1) is 0 Å². The van der Waals surface area contributed by atoms with Gasteiger partial charge in [-0.15, -0.1) is 22.7 Å². The van der Waals surface area contributed by atoms with Gasteiger partial charge < -0.3 is 9.13 Å². The first kappa shape index (κ1) is 31.8. The molecule has 0 atom stereocenters. The summed E-state index contributed by atoms with van der Waals surface area (Å²) in [6.45, 7) is 9.16. The standard InChI is InChI=1S/C36H56O2P2S2/c1-25-33(35(27(3)41-25)39(37,29-17-9-5-10-18-29)30-19-11-6-12-20-30)34-26(2)42-28(4)36(34)40(38,31-21-13-7-14-22-31)32-23-15-8-16-24-32/h29-32H,5-24H2,1-4H3. The van der Waals surface area contributed by atoms with E-state index >= 15 is 9.13 Å². The van der Waals surface area contributed by atoms with Gasteiger partial charge in [0.1, 0.15) is 14.3 Å². The molecule has 4 aliphatic carbocycles. The largest absolute Gasteiger partial charge is 0.318 e. The monoisotopic (exact) mass is 646 g/mol. The first-order valence-electron chi connectivity index (χ1n) is 17.7. The van der Waals surface area contributed by atoms with Gasteiger partial charge in [-0.2, -0.15) is 0 Å². The van der Waals surface area contributed by atoms with E-state index in [4.69, 9.17) is 0 Å². The third-order valence-corrected chi connectivity index (χ3v) is 23.1. The van der Waals surface area contributed by atoms with E-state index in [1.807, 2.05) is 22.7 Å². The Labute approximate surface area is 265 Å². The Morgan fingerprint density at radius 2 is 0.643 bits per heavy atom. The van der Waals surface area contributed by atoms with Crippen LogP contribution in [-0.2, 0) is 9.13 Å². The number of hydrogen-bond donors (Lipinski definition) is 0. The van der Waals surface area contributed by atoms with E-state index in [1.165, 1.54) is 118 Å². The minimum Gasteiger partial charge on any atom is -0.318 e. The van der Waals surface area contributed by atoms with Gasteiger partial charge in [0, 0.05) is 63.9 Å². The molecule has 6 rings (SSSR count). The van der Waals surface area contributed by atoms with E-state index in [-0.39, 0.29) is 0 Å². The summed E-state index contributed by atoms with van der Waals surface area (Å²) < 4.78 is 32.4. The molecule has 42 heavy (non-hydrogen) atoms. The summed E-state index contributed by atoms with van der Waals surface area (Å²) in [5.41, 5.74) is 3.97. The molecule has 0 unspecified atom stereocenters. The lowest BCUT2D eigenvalue weighted by Gasteiger charge is -2.40. The van der Waals surface area contributed by atoms with Crippen molar-refractivity contribution in [2.45, 2.75) is 179 Å². The van der Waals surface area contributed by atoms with Crippen LogP contribution in [0, 0.1) is 27.7 Å². The van der Waals surface area contributed by atoms with Crippen molar-refractivity contribution in [3.05, 3.63) is 19.5 Å². The fraction of sp³-hybridized carbons (Fsp3) is 0.778. The van der Waals surface area contributed by atoms with Crippen LogP contribution in [0.5, 0.6) is 0 Å². The summed E-state index contributed by atoms with van der Waals surface area (Å²) in [4.78, 5) is 5.27.